The molecule has 0 atom stereocenters. The van der Waals surface area contributed by atoms with Crippen molar-refractivity contribution in [2.45, 2.75) is 19.9 Å². The Balaban J connectivity index is 2.76. The summed E-state index contributed by atoms with van der Waals surface area (Å²) in [6, 6.07) is 6.40. The number of aliphatic carboxylic acids is 1. The zero-order valence-electron chi connectivity index (χ0n) is 11.2. The van der Waals surface area contributed by atoms with Gasteiger partial charge in [-0.05, 0) is 32.0 Å². The summed E-state index contributed by atoms with van der Waals surface area (Å²) in [5.74, 6) is -2.02. The first-order chi connectivity index (χ1) is 9.38. The molecule has 0 aliphatic rings. The number of carboxylic acid groups (broad SMARTS) is 1. The topological polar surface area (TPSA) is 95.5 Å². The van der Waals surface area contributed by atoms with Crippen molar-refractivity contribution >= 4 is 23.5 Å². The minimum atomic E-state index is -1.20. The Hall–Kier alpha value is -2.63. The van der Waals surface area contributed by atoms with Gasteiger partial charge in [-0.25, -0.2) is 4.79 Å². The maximum Gasteiger partial charge on any atom is 0.328 e. The highest BCUT2D eigenvalue weighted by atomic mass is 16.4. The summed E-state index contributed by atoms with van der Waals surface area (Å²) in [6.45, 7) is 3.69. The molecule has 6 nitrogen and oxygen atoms in total. The molecule has 3 N–H and O–H groups in total. The second-order valence-electron chi connectivity index (χ2n) is 4.37. The van der Waals surface area contributed by atoms with Crippen LogP contribution in [0.4, 0.5) is 5.69 Å². The molecule has 0 aliphatic heterocycles. The Bertz CT molecular complexity index is 550. The summed E-state index contributed by atoms with van der Waals surface area (Å²) in [5, 5.41) is 13.6. The van der Waals surface area contributed by atoms with Gasteiger partial charge in [0, 0.05) is 29.4 Å². The van der Waals surface area contributed by atoms with Gasteiger partial charge in [-0.15, -0.1) is 0 Å². The lowest BCUT2D eigenvalue weighted by Crippen LogP contribution is -2.30. The van der Waals surface area contributed by atoms with Crippen LogP contribution in [-0.2, 0) is 9.59 Å². The van der Waals surface area contributed by atoms with Gasteiger partial charge in [0.2, 0.25) is 5.91 Å². The molecule has 1 aromatic rings. The number of hydrogen-bond donors (Lipinski definition) is 3. The number of carboxylic acids is 1. The van der Waals surface area contributed by atoms with Crippen molar-refractivity contribution in [2.24, 2.45) is 0 Å². The van der Waals surface area contributed by atoms with E-state index >= 15 is 0 Å². The zero-order valence-corrected chi connectivity index (χ0v) is 11.2. The summed E-state index contributed by atoms with van der Waals surface area (Å²) in [5.41, 5.74) is 0.833. The number of anilines is 1. The zero-order chi connectivity index (χ0) is 15.1. The second kappa shape index (κ2) is 7.08. The van der Waals surface area contributed by atoms with E-state index in [4.69, 9.17) is 5.11 Å². The Labute approximate surface area is 116 Å². The van der Waals surface area contributed by atoms with E-state index in [1.165, 1.54) is 6.07 Å². The highest BCUT2D eigenvalue weighted by Gasteiger charge is 2.08. The molecule has 1 aromatic carbocycles. The first kappa shape index (κ1) is 15.4. The molecule has 20 heavy (non-hydrogen) atoms. The minimum absolute atomic E-state index is 0.0132. The van der Waals surface area contributed by atoms with Crippen LogP contribution in [0.5, 0.6) is 0 Å². The first-order valence-corrected chi connectivity index (χ1v) is 6.01. The van der Waals surface area contributed by atoms with Crippen LogP contribution < -0.4 is 10.6 Å². The van der Waals surface area contributed by atoms with Gasteiger partial charge in [-0.1, -0.05) is 6.07 Å². The van der Waals surface area contributed by atoms with Gasteiger partial charge < -0.3 is 15.7 Å². The van der Waals surface area contributed by atoms with Crippen LogP contribution >= 0.6 is 0 Å². The molecule has 0 aromatic heterocycles. The Morgan fingerprint density at radius 1 is 1.20 bits per heavy atom. The number of benzene rings is 1. The molecule has 0 saturated carbocycles. The van der Waals surface area contributed by atoms with Crippen LogP contribution in [-0.4, -0.2) is 28.9 Å². The fourth-order valence-electron chi connectivity index (χ4n) is 1.41. The lowest BCUT2D eigenvalue weighted by atomic mass is 10.1. The Kier molecular flexibility index (Phi) is 5.46. The lowest BCUT2D eigenvalue weighted by molar-refractivity contribution is -0.131. The molecule has 0 heterocycles. The van der Waals surface area contributed by atoms with E-state index in [1.807, 2.05) is 13.8 Å². The average molecular weight is 276 g/mol. The predicted molar refractivity (Wildman–Crippen MR) is 74.4 cm³/mol. The van der Waals surface area contributed by atoms with Gasteiger partial charge in [0.1, 0.15) is 0 Å². The molecule has 1 rings (SSSR count). The summed E-state index contributed by atoms with van der Waals surface area (Å²) in [6.07, 6.45) is 1.65. The molecule has 0 fully saturated rings. The molecule has 0 radical (unpaired) electrons. The summed E-state index contributed by atoms with van der Waals surface area (Å²) >= 11 is 0. The third-order valence-corrected chi connectivity index (χ3v) is 2.19. The first-order valence-electron chi connectivity index (χ1n) is 6.01. The van der Waals surface area contributed by atoms with Crippen LogP contribution in [0.15, 0.2) is 36.4 Å². The number of carbonyl (C=O) groups is 3. The number of nitrogens with one attached hydrogen (secondary N) is 2. The third-order valence-electron chi connectivity index (χ3n) is 2.19. The van der Waals surface area contributed by atoms with Crippen molar-refractivity contribution in [3.05, 3.63) is 42.0 Å². The van der Waals surface area contributed by atoms with Crippen molar-refractivity contribution in [1.82, 2.24) is 5.32 Å². The molecule has 0 bridgehead atoms. The highest BCUT2D eigenvalue weighted by Crippen LogP contribution is 2.11. The van der Waals surface area contributed by atoms with E-state index in [-0.39, 0.29) is 11.9 Å². The van der Waals surface area contributed by atoms with Crippen LogP contribution in [0.25, 0.3) is 0 Å². The molecule has 0 saturated heterocycles. The SMILES string of the molecule is CC(C)NC(=O)c1cccc(NC(=O)/C=C/C(=O)O)c1. The minimum Gasteiger partial charge on any atom is -0.478 e. The fraction of sp³-hybridized carbons (Fsp3) is 0.214. The molecular formula is C14H16N2O4. The third kappa shape index (κ3) is 5.34. The monoisotopic (exact) mass is 276 g/mol. The second-order valence-corrected chi connectivity index (χ2v) is 4.37. The smallest absolute Gasteiger partial charge is 0.328 e. The van der Waals surface area contributed by atoms with Crippen molar-refractivity contribution in [2.75, 3.05) is 5.32 Å². The molecule has 0 aliphatic carbocycles. The van der Waals surface area contributed by atoms with Gasteiger partial charge in [0.15, 0.2) is 0 Å². The number of amides is 2. The van der Waals surface area contributed by atoms with Crippen molar-refractivity contribution in [3.63, 3.8) is 0 Å². The van der Waals surface area contributed by atoms with E-state index in [2.05, 4.69) is 10.6 Å². The number of hydrogen-bond acceptors (Lipinski definition) is 3. The Morgan fingerprint density at radius 3 is 2.50 bits per heavy atom. The van der Waals surface area contributed by atoms with Crippen molar-refractivity contribution in [3.8, 4) is 0 Å². The van der Waals surface area contributed by atoms with Gasteiger partial charge in [-0.2, -0.15) is 0 Å². The summed E-state index contributed by atoms with van der Waals surface area (Å²) in [4.78, 5) is 33.5. The van der Waals surface area contributed by atoms with Crippen molar-refractivity contribution in [1.29, 1.82) is 0 Å². The maximum absolute atomic E-state index is 11.8. The highest BCUT2D eigenvalue weighted by molar-refractivity contribution is 6.03. The fourth-order valence-corrected chi connectivity index (χ4v) is 1.41. The molecule has 0 spiro atoms. The van der Waals surface area contributed by atoms with E-state index in [1.54, 1.807) is 18.2 Å². The van der Waals surface area contributed by atoms with Gasteiger partial charge in [-0.3, -0.25) is 9.59 Å². The van der Waals surface area contributed by atoms with E-state index in [0.29, 0.717) is 11.3 Å². The molecular weight excluding hydrogens is 260 g/mol. The van der Waals surface area contributed by atoms with Gasteiger partial charge in [0.05, 0.1) is 0 Å². The van der Waals surface area contributed by atoms with Crippen LogP contribution in [0.2, 0.25) is 0 Å². The lowest BCUT2D eigenvalue weighted by Gasteiger charge is -2.09. The number of rotatable bonds is 5. The molecule has 106 valence electrons. The standard InChI is InChI=1S/C14H16N2O4/c1-9(2)15-14(20)10-4-3-5-11(8-10)16-12(17)6-7-13(18)19/h3-9H,1-2H3,(H,15,20)(H,16,17)(H,18,19)/b7-6+. The predicted octanol–water partition coefficient (Wildman–Crippen LogP) is 1.40. The van der Waals surface area contributed by atoms with E-state index < -0.39 is 11.9 Å². The van der Waals surface area contributed by atoms with E-state index in [9.17, 15) is 14.4 Å². The van der Waals surface area contributed by atoms with Crippen LogP contribution in [0.3, 0.4) is 0 Å². The molecule has 0 unspecified atom stereocenters. The summed E-state index contributed by atoms with van der Waals surface area (Å²) in [7, 11) is 0. The summed E-state index contributed by atoms with van der Waals surface area (Å²) < 4.78 is 0. The Morgan fingerprint density at radius 2 is 1.90 bits per heavy atom. The van der Waals surface area contributed by atoms with Crippen LogP contribution in [0, 0.1) is 0 Å². The maximum atomic E-state index is 11.8. The normalized spacial score (nSPS) is 10.6. The largest absolute Gasteiger partial charge is 0.478 e. The van der Waals surface area contributed by atoms with Gasteiger partial charge >= 0.3 is 5.97 Å². The molecule has 2 amide bonds. The quantitative estimate of drug-likeness (QED) is 0.708. The average Bonchev–Trinajstić information content (AvgIpc) is 2.36. The van der Waals surface area contributed by atoms with Crippen molar-refractivity contribution < 1.29 is 19.5 Å². The van der Waals surface area contributed by atoms with Gasteiger partial charge in [0.25, 0.3) is 5.91 Å². The molecule has 6 heteroatoms. The van der Waals surface area contributed by atoms with Crippen LogP contribution in [0.1, 0.15) is 24.2 Å². The number of carbonyl (C=O) groups excluding carboxylic acids is 2. The van der Waals surface area contributed by atoms with E-state index in [0.717, 1.165) is 12.2 Å².